The van der Waals surface area contributed by atoms with Crippen molar-refractivity contribution in [2.75, 3.05) is 13.2 Å². The quantitative estimate of drug-likeness (QED) is 0.660. The van der Waals surface area contributed by atoms with Gasteiger partial charge in [-0.2, -0.15) is 0 Å². The van der Waals surface area contributed by atoms with Crippen molar-refractivity contribution in [1.82, 2.24) is 15.3 Å². The molecule has 0 unspecified atom stereocenters. The third-order valence-corrected chi connectivity index (χ3v) is 2.79. The van der Waals surface area contributed by atoms with Crippen molar-refractivity contribution in [3.8, 4) is 5.88 Å². The van der Waals surface area contributed by atoms with E-state index in [2.05, 4.69) is 36.1 Å². The molecule has 0 radical (unpaired) electrons. The van der Waals surface area contributed by atoms with Gasteiger partial charge < -0.3 is 10.1 Å². The van der Waals surface area contributed by atoms with E-state index >= 15 is 0 Å². The molecular formula is C15H27N3O. The van der Waals surface area contributed by atoms with E-state index in [1.807, 2.05) is 0 Å². The third-order valence-electron chi connectivity index (χ3n) is 2.79. The normalized spacial score (nSPS) is 10.9. The zero-order chi connectivity index (χ0) is 13.9. The van der Waals surface area contributed by atoms with Crippen molar-refractivity contribution < 1.29 is 4.74 Å². The molecule has 1 aromatic heterocycles. The molecule has 0 spiro atoms. The lowest BCUT2D eigenvalue weighted by Gasteiger charge is -2.07. The fourth-order valence-corrected chi connectivity index (χ4v) is 1.70. The fraction of sp³-hybridized carbons (Fsp3) is 0.733. The number of ether oxygens (including phenoxy) is 1. The van der Waals surface area contributed by atoms with Crippen LogP contribution in [0, 0.1) is 5.92 Å². The van der Waals surface area contributed by atoms with Gasteiger partial charge in [0.05, 0.1) is 24.7 Å². The van der Waals surface area contributed by atoms with Crippen LogP contribution in [0.3, 0.4) is 0 Å². The summed E-state index contributed by atoms with van der Waals surface area (Å²) in [6.07, 6.45) is 8.34. The Morgan fingerprint density at radius 3 is 2.63 bits per heavy atom. The first kappa shape index (κ1) is 15.9. The molecule has 0 aliphatic heterocycles. The molecule has 1 heterocycles. The zero-order valence-electron chi connectivity index (χ0n) is 12.5. The topological polar surface area (TPSA) is 47.0 Å². The van der Waals surface area contributed by atoms with Gasteiger partial charge in [0, 0.05) is 6.54 Å². The van der Waals surface area contributed by atoms with Gasteiger partial charge in [-0.15, -0.1) is 0 Å². The molecular weight excluding hydrogens is 238 g/mol. The summed E-state index contributed by atoms with van der Waals surface area (Å²) in [5, 5.41) is 3.34. The number of nitrogens with zero attached hydrogens (tertiary/aromatic N) is 2. The highest BCUT2D eigenvalue weighted by molar-refractivity contribution is 5.07. The summed E-state index contributed by atoms with van der Waals surface area (Å²) in [6.45, 7) is 9.08. The third kappa shape index (κ3) is 7.78. The maximum Gasteiger partial charge on any atom is 0.232 e. The predicted molar refractivity (Wildman–Crippen MR) is 78.2 cm³/mol. The van der Waals surface area contributed by atoms with Crippen molar-refractivity contribution in [2.24, 2.45) is 5.92 Å². The first-order valence-electron chi connectivity index (χ1n) is 7.36. The molecule has 0 aromatic carbocycles. The first-order chi connectivity index (χ1) is 9.22. The van der Waals surface area contributed by atoms with Gasteiger partial charge in [0.1, 0.15) is 0 Å². The Balaban J connectivity index is 2.19. The monoisotopic (exact) mass is 265 g/mol. The SMILES string of the molecule is CCCCCCOc1cnc(CNCC(C)C)cn1. The molecule has 4 heteroatoms. The number of hydrogen-bond acceptors (Lipinski definition) is 4. The minimum absolute atomic E-state index is 0.629. The van der Waals surface area contributed by atoms with Gasteiger partial charge in [0.25, 0.3) is 0 Å². The highest BCUT2D eigenvalue weighted by atomic mass is 16.5. The maximum absolute atomic E-state index is 5.56. The highest BCUT2D eigenvalue weighted by Gasteiger charge is 1.99. The van der Waals surface area contributed by atoms with E-state index in [4.69, 9.17) is 4.74 Å². The van der Waals surface area contributed by atoms with E-state index in [9.17, 15) is 0 Å². The molecule has 0 fully saturated rings. The van der Waals surface area contributed by atoms with E-state index < -0.39 is 0 Å². The number of nitrogens with one attached hydrogen (secondary N) is 1. The Morgan fingerprint density at radius 1 is 1.16 bits per heavy atom. The molecule has 0 saturated carbocycles. The van der Waals surface area contributed by atoms with Gasteiger partial charge in [-0.05, 0) is 18.9 Å². The van der Waals surface area contributed by atoms with E-state index in [0.717, 1.165) is 31.8 Å². The fourth-order valence-electron chi connectivity index (χ4n) is 1.70. The van der Waals surface area contributed by atoms with Crippen LogP contribution in [-0.4, -0.2) is 23.1 Å². The van der Waals surface area contributed by atoms with Crippen molar-refractivity contribution in [3.63, 3.8) is 0 Å². The number of hydrogen-bond donors (Lipinski definition) is 1. The average molecular weight is 265 g/mol. The summed E-state index contributed by atoms with van der Waals surface area (Å²) in [7, 11) is 0. The summed E-state index contributed by atoms with van der Waals surface area (Å²) in [5.74, 6) is 1.28. The van der Waals surface area contributed by atoms with E-state index in [0.29, 0.717) is 11.8 Å². The molecule has 0 amide bonds. The highest BCUT2D eigenvalue weighted by Crippen LogP contribution is 2.06. The second kappa shape index (κ2) is 9.73. The van der Waals surface area contributed by atoms with Gasteiger partial charge >= 0.3 is 0 Å². The second-order valence-corrected chi connectivity index (χ2v) is 5.28. The second-order valence-electron chi connectivity index (χ2n) is 5.28. The van der Waals surface area contributed by atoms with E-state index in [1.54, 1.807) is 12.4 Å². The zero-order valence-corrected chi connectivity index (χ0v) is 12.5. The van der Waals surface area contributed by atoms with Gasteiger partial charge in [-0.1, -0.05) is 40.0 Å². The molecule has 1 N–H and O–H groups in total. The molecule has 108 valence electrons. The Kier molecular flexibility index (Phi) is 8.14. The van der Waals surface area contributed by atoms with Crippen LogP contribution in [0.2, 0.25) is 0 Å². The summed E-state index contributed by atoms with van der Waals surface area (Å²) in [4.78, 5) is 8.61. The predicted octanol–water partition coefficient (Wildman–Crippen LogP) is 3.18. The molecule has 0 atom stereocenters. The summed E-state index contributed by atoms with van der Waals surface area (Å²) in [5.41, 5.74) is 0.957. The number of unbranched alkanes of at least 4 members (excludes halogenated alkanes) is 3. The molecule has 0 aliphatic rings. The molecule has 19 heavy (non-hydrogen) atoms. The largest absolute Gasteiger partial charge is 0.477 e. The van der Waals surface area contributed by atoms with Crippen LogP contribution in [0.25, 0.3) is 0 Å². The lowest BCUT2D eigenvalue weighted by atomic mass is 10.2. The lowest BCUT2D eigenvalue weighted by molar-refractivity contribution is 0.292. The lowest BCUT2D eigenvalue weighted by Crippen LogP contribution is -2.19. The van der Waals surface area contributed by atoms with Crippen LogP contribution in [0.15, 0.2) is 12.4 Å². The van der Waals surface area contributed by atoms with Crippen LogP contribution in [0.4, 0.5) is 0 Å². The summed E-state index contributed by atoms with van der Waals surface area (Å²) in [6, 6.07) is 0. The van der Waals surface area contributed by atoms with Gasteiger partial charge in [-0.3, -0.25) is 4.98 Å². The Morgan fingerprint density at radius 2 is 2.00 bits per heavy atom. The van der Waals surface area contributed by atoms with Gasteiger partial charge in [-0.25, -0.2) is 4.98 Å². The summed E-state index contributed by atoms with van der Waals surface area (Å²) >= 11 is 0. The van der Waals surface area contributed by atoms with Crippen LogP contribution in [0.1, 0.15) is 52.1 Å². The van der Waals surface area contributed by atoms with Crippen LogP contribution in [0.5, 0.6) is 5.88 Å². The van der Waals surface area contributed by atoms with Crippen molar-refractivity contribution in [1.29, 1.82) is 0 Å². The van der Waals surface area contributed by atoms with Gasteiger partial charge in [0.15, 0.2) is 0 Å². The van der Waals surface area contributed by atoms with Crippen molar-refractivity contribution in [2.45, 2.75) is 53.0 Å². The van der Waals surface area contributed by atoms with E-state index in [1.165, 1.54) is 19.3 Å². The van der Waals surface area contributed by atoms with Gasteiger partial charge in [0.2, 0.25) is 5.88 Å². The Labute approximate surface area is 117 Å². The van der Waals surface area contributed by atoms with Crippen LogP contribution in [-0.2, 0) is 6.54 Å². The van der Waals surface area contributed by atoms with Crippen LogP contribution < -0.4 is 10.1 Å². The molecule has 1 rings (SSSR count). The minimum atomic E-state index is 0.629. The summed E-state index contributed by atoms with van der Waals surface area (Å²) < 4.78 is 5.56. The molecule has 1 aromatic rings. The smallest absolute Gasteiger partial charge is 0.232 e. The Bertz CT molecular complexity index is 325. The molecule has 0 saturated heterocycles. The van der Waals surface area contributed by atoms with Crippen LogP contribution >= 0.6 is 0 Å². The maximum atomic E-state index is 5.56. The molecule has 4 nitrogen and oxygen atoms in total. The van der Waals surface area contributed by atoms with Crippen molar-refractivity contribution in [3.05, 3.63) is 18.1 Å². The average Bonchev–Trinajstić information content (AvgIpc) is 2.40. The van der Waals surface area contributed by atoms with E-state index in [-0.39, 0.29) is 0 Å². The number of rotatable bonds is 10. The molecule has 0 aliphatic carbocycles. The standard InChI is InChI=1S/C15H27N3O/c1-4-5-6-7-8-19-15-12-17-14(11-18-15)10-16-9-13(2)3/h11-13,16H,4-10H2,1-3H3. The minimum Gasteiger partial charge on any atom is -0.477 e. The Hall–Kier alpha value is -1.16. The first-order valence-corrected chi connectivity index (χ1v) is 7.36. The number of aromatic nitrogens is 2. The van der Waals surface area contributed by atoms with Crippen molar-refractivity contribution >= 4 is 0 Å². The molecule has 0 bridgehead atoms.